The zero-order valence-corrected chi connectivity index (χ0v) is 9.17. The van der Waals surface area contributed by atoms with Crippen LogP contribution in [0.2, 0.25) is 0 Å². The summed E-state index contributed by atoms with van der Waals surface area (Å²) in [5, 5.41) is 0. The standard InChI is InChI=1S/C14H11NO2/c16-14-10-5-1-2-7-13(10)17-9-11(14)12-6-3-4-8-15-12/h1-8,11H,9H2. The van der Waals surface area contributed by atoms with E-state index >= 15 is 0 Å². The largest absolute Gasteiger partial charge is 0.492 e. The van der Waals surface area contributed by atoms with Gasteiger partial charge in [-0.25, -0.2) is 0 Å². The number of fused-ring (bicyclic) bond motifs is 1. The second-order valence-corrected chi connectivity index (χ2v) is 3.98. The van der Waals surface area contributed by atoms with Gasteiger partial charge in [0.05, 0.1) is 17.2 Å². The molecule has 0 aliphatic carbocycles. The molecule has 0 saturated heterocycles. The third-order valence-electron chi connectivity index (χ3n) is 2.92. The van der Waals surface area contributed by atoms with Gasteiger partial charge in [0.1, 0.15) is 12.4 Å². The van der Waals surface area contributed by atoms with Crippen molar-refractivity contribution in [2.24, 2.45) is 0 Å². The number of benzene rings is 1. The number of aromatic nitrogens is 1. The van der Waals surface area contributed by atoms with E-state index in [1.54, 1.807) is 12.3 Å². The summed E-state index contributed by atoms with van der Waals surface area (Å²) >= 11 is 0. The first-order chi connectivity index (χ1) is 8.36. The molecule has 84 valence electrons. The lowest BCUT2D eigenvalue weighted by Gasteiger charge is -2.23. The fraction of sp³-hybridized carbons (Fsp3) is 0.143. The number of hydrogen-bond acceptors (Lipinski definition) is 3. The molecule has 1 atom stereocenters. The third kappa shape index (κ3) is 1.69. The third-order valence-corrected chi connectivity index (χ3v) is 2.92. The molecule has 0 amide bonds. The number of carbonyl (C=O) groups is 1. The van der Waals surface area contributed by atoms with Crippen molar-refractivity contribution in [2.75, 3.05) is 6.61 Å². The molecule has 3 heteroatoms. The normalized spacial score (nSPS) is 18.4. The smallest absolute Gasteiger partial charge is 0.179 e. The first-order valence-corrected chi connectivity index (χ1v) is 5.53. The molecule has 0 saturated carbocycles. The van der Waals surface area contributed by atoms with Gasteiger partial charge in [-0.15, -0.1) is 0 Å². The first kappa shape index (κ1) is 10.0. The van der Waals surface area contributed by atoms with Crippen molar-refractivity contribution in [1.29, 1.82) is 0 Å². The predicted molar refractivity (Wildman–Crippen MR) is 63.2 cm³/mol. The first-order valence-electron chi connectivity index (χ1n) is 5.53. The number of nitrogens with zero attached hydrogens (tertiary/aromatic N) is 1. The number of hydrogen-bond donors (Lipinski definition) is 0. The van der Waals surface area contributed by atoms with Crippen molar-refractivity contribution in [3.63, 3.8) is 0 Å². The number of pyridine rings is 1. The van der Waals surface area contributed by atoms with Crippen LogP contribution < -0.4 is 4.74 Å². The maximum atomic E-state index is 12.3. The molecule has 0 fully saturated rings. The molecule has 2 aromatic rings. The lowest BCUT2D eigenvalue weighted by Crippen LogP contribution is -2.26. The summed E-state index contributed by atoms with van der Waals surface area (Å²) in [6, 6.07) is 12.9. The molecule has 17 heavy (non-hydrogen) atoms. The maximum Gasteiger partial charge on any atom is 0.179 e. The van der Waals surface area contributed by atoms with Gasteiger partial charge in [-0.2, -0.15) is 0 Å². The van der Waals surface area contributed by atoms with Gasteiger partial charge < -0.3 is 4.74 Å². The number of ether oxygens (including phenoxy) is 1. The van der Waals surface area contributed by atoms with Gasteiger partial charge in [-0.05, 0) is 24.3 Å². The highest BCUT2D eigenvalue weighted by Crippen LogP contribution is 2.31. The Balaban J connectivity index is 2.00. The Bertz CT molecular complexity index is 551. The second kappa shape index (κ2) is 4.01. The van der Waals surface area contributed by atoms with Crippen LogP contribution in [0.5, 0.6) is 5.75 Å². The fourth-order valence-electron chi connectivity index (χ4n) is 2.03. The Labute approximate surface area is 99.1 Å². The molecule has 0 spiro atoms. The van der Waals surface area contributed by atoms with Crippen LogP contribution in [0.25, 0.3) is 0 Å². The Kier molecular flexibility index (Phi) is 2.37. The van der Waals surface area contributed by atoms with Gasteiger partial charge >= 0.3 is 0 Å². The van der Waals surface area contributed by atoms with E-state index in [1.165, 1.54) is 0 Å². The molecule has 0 N–H and O–H groups in total. The Hall–Kier alpha value is -2.16. The van der Waals surface area contributed by atoms with Crippen LogP contribution in [0.15, 0.2) is 48.7 Å². The van der Waals surface area contributed by atoms with E-state index in [1.807, 2.05) is 36.4 Å². The minimum Gasteiger partial charge on any atom is -0.492 e. The lowest BCUT2D eigenvalue weighted by atomic mass is 9.92. The van der Waals surface area contributed by atoms with Crippen molar-refractivity contribution < 1.29 is 9.53 Å². The van der Waals surface area contributed by atoms with E-state index in [0.717, 1.165) is 5.69 Å². The van der Waals surface area contributed by atoms with Crippen LogP contribution in [0.1, 0.15) is 22.0 Å². The topological polar surface area (TPSA) is 39.2 Å². The fourth-order valence-corrected chi connectivity index (χ4v) is 2.03. The van der Waals surface area contributed by atoms with Crippen molar-refractivity contribution >= 4 is 5.78 Å². The van der Waals surface area contributed by atoms with Crippen LogP contribution in [0.3, 0.4) is 0 Å². The summed E-state index contributed by atoms with van der Waals surface area (Å²) in [5.41, 5.74) is 1.42. The van der Waals surface area contributed by atoms with E-state index in [-0.39, 0.29) is 11.7 Å². The average molecular weight is 225 g/mol. The molecule has 0 radical (unpaired) electrons. The van der Waals surface area contributed by atoms with Gasteiger partial charge in [-0.1, -0.05) is 18.2 Å². The zero-order chi connectivity index (χ0) is 11.7. The molecule has 2 heterocycles. The van der Waals surface area contributed by atoms with Crippen molar-refractivity contribution in [3.8, 4) is 5.75 Å². The minimum absolute atomic E-state index is 0.0885. The lowest BCUT2D eigenvalue weighted by molar-refractivity contribution is 0.0893. The van der Waals surface area contributed by atoms with Crippen LogP contribution >= 0.6 is 0 Å². The summed E-state index contributed by atoms with van der Waals surface area (Å²) in [6.07, 6.45) is 1.70. The molecular weight excluding hydrogens is 214 g/mol. The number of rotatable bonds is 1. The van der Waals surface area contributed by atoms with Gasteiger partial charge in [0.25, 0.3) is 0 Å². The molecule has 1 unspecified atom stereocenters. The van der Waals surface area contributed by atoms with Crippen molar-refractivity contribution in [2.45, 2.75) is 5.92 Å². The summed E-state index contributed by atoms with van der Waals surface area (Å²) in [6.45, 7) is 0.368. The van der Waals surface area contributed by atoms with E-state index in [9.17, 15) is 4.79 Å². The number of ketones is 1. The summed E-state index contributed by atoms with van der Waals surface area (Å²) in [7, 11) is 0. The van der Waals surface area contributed by atoms with E-state index < -0.39 is 0 Å². The minimum atomic E-state index is -0.286. The van der Waals surface area contributed by atoms with Crippen LogP contribution in [-0.4, -0.2) is 17.4 Å². The van der Waals surface area contributed by atoms with Gasteiger partial charge in [0, 0.05) is 6.20 Å². The van der Waals surface area contributed by atoms with E-state index in [2.05, 4.69) is 4.98 Å². The monoisotopic (exact) mass is 225 g/mol. The average Bonchev–Trinajstić information content (AvgIpc) is 2.40. The SMILES string of the molecule is O=C1c2ccccc2OCC1c1ccccn1. The van der Waals surface area contributed by atoms with Crippen molar-refractivity contribution in [1.82, 2.24) is 4.98 Å². The molecule has 1 aliphatic heterocycles. The molecule has 1 aromatic heterocycles. The van der Waals surface area contributed by atoms with Gasteiger partial charge in [0.15, 0.2) is 5.78 Å². The number of carbonyl (C=O) groups excluding carboxylic acids is 1. The highest BCUT2D eigenvalue weighted by molar-refractivity contribution is 6.03. The quantitative estimate of drug-likeness (QED) is 0.748. The summed E-state index contributed by atoms with van der Waals surface area (Å²) < 4.78 is 5.60. The number of Topliss-reactive ketones (excluding diaryl/α,β-unsaturated/α-hetero) is 1. The van der Waals surface area contributed by atoms with E-state index in [0.29, 0.717) is 17.9 Å². The maximum absolute atomic E-state index is 12.3. The number of para-hydroxylation sites is 1. The molecule has 3 nitrogen and oxygen atoms in total. The highest BCUT2D eigenvalue weighted by Gasteiger charge is 2.30. The Morgan fingerprint density at radius 2 is 1.94 bits per heavy atom. The Morgan fingerprint density at radius 3 is 2.76 bits per heavy atom. The van der Waals surface area contributed by atoms with Gasteiger partial charge in [-0.3, -0.25) is 9.78 Å². The summed E-state index contributed by atoms with van der Waals surface area (Å²) in [5.74, 6) is 0.473. The van der Waals surface area contributed by atoms with Crippen LogP contribution in [0, 0.1) is 0 Å². The molecule has 0 bridgehead atoms. The molecule has 3 rings (SSSR count). The van der Waals surface area contributed by atoms with Crippen LogP contribution in [0.4, 0.5) is 0 Å². The second-order valence-electron chi connectivity index (χ2n) is 3.98. The Morgan fingerprint density at radius 1 is 1.12 bits per heavy atom. The van der Waals surface area contributed by atoms with Gasteiger partial charge in [0.2, 0.25) is 0 Å². The molecule has 1 aliphatic rings. The van der Waals surface area contributed by atoms with Crippen molar-refractivity contribution in [3.05, 3.63) is 59.9 Å². The van der Waals surface area contributed by atoms with Crippen LogP contribution in [-0.2, 0) is 0 Å². The van der Waals surface area contributed by atoms with E-state index in [4.69, 9.17) is 4.74 Å². The predicted octanol–water partition coefficient (Wildman–Crippen LogP) is 2.44. The zero-order valence-electron chi connectivity index (χ0n) is 9.17. The highest BCUT2D eigenvalue weighted by atomic mass is 16.5. The molecular formula is C14H11NO2. The summed E-state index contributed by atoms with van der Waals surface area (Å²) in [4.78, 5) is 16.5. The molecule has 1 aromatic carbocycles.